The van der Waals surface area contributed by atoms with Gasteiger partial charge >= 0.3 is 5.69 Å². The zero-order valence-electron chi connectivity index (χ0n) is 9.48. The molecule has 0 saturated heterocycles. The largest absolute Gasteiger partial charge is 0.343 e. The van der Waals surface area contributed by atoms with Gasteiger partial charge in [0, 0.05) is 15.9 Å². The third-order valence-electron chi connectivity index (χ3n) is 2.30. The van der Waals surface area contributed by atoms with E-state index in [1.165, 1.54) is 16.3 Å². The van der Waals surface area contributed by atoms with Crippen LogP contribution in [0.4, 0.5) is 0 Å². The quantitative estimate of drug-likeness (QED) is 0.940. The van der Waals surface area contributed by atoms with Gasteiger partial charge in [-0.3, -0.25) is 4.57 Å². The number of hydrogen-bond acceptors (Lipinski definition) is 4. The van der Waals surface area contributed by atoms with Crippen LogP contribution in [0.15, 0.2) is 37.5 Å². The second-order valence-corrected chi connectivity index (χ2v) is 5.33. The first-order chi connectivity index (χ1) is 8.65. The summed E-state index contributed by atoms with van der Waals surface area (Å²) >= 11 is 4.65. The van der Waals surface area contributed by atoms with E-state index in [1.807, 2.05) is 13.0 Å². The minimum Gasteiger partial charge on any atom is -0.270 e. The minimum atomic E-state index is -0.242. The van der Waals surface area contributed by atoms with Crippen molar-refractivity contribution in [2.24, 2.45) is 0 Å². The fourth-order valence-corrected chi connectivity index (χ4v) is 2.96. The van der Waals surface area contributed by atoms with Crippen LogP contribution in [0.25, 0.3) is 0 Å². The van der Waals surface area contributed by atoms with E-state index in [0.29, 0.717) is 17.3 Å². The predicted octanol–water partition coefficient (Wildman–Crippen LogP) is 2.38. The normalized spacial score (nSPS) is 10.3. The highest BCUT2D eigenvalue weighted by Crippen LogP contribution is 2.30. The molecule has 0 aliphatic heterocycles. The summed E-state index contributed by atoms with van der Waals surface area (Å²) in [5, 5.41) is 15.9. The van der Waals surface area contributed by atoms with Crippen LogP contribution < -0.4 is 5.69 Å². The average Bonchev–Trinajstić information content (AvgIpc) is 2.70. The Labute approximate surface area is 116 Å². The zero-order chi connectivity index (χ0) is 13.1. The Morgan fingerprint density at radius 3 is 3.06 bits per heavy atom. The maximum Gasteiger partial charge on any atom is 0.343 e. The van der Waals surface area contributed by atoms with E-state index in [2.05, 4.69) is 32.2 Å². The molecule has 0 radical (unpaired) electrons. The summed E-state index contributed by atoms with van der Waals surface area (Å²) in [6.07, 6.45) is 0. The average molecular weight is 325 g/mol. The van der Waals surface area contributed by atoms with Gasteiger partial charge in [0.1, 0.15) is 6.07 Å². The van der Waals surface area contributed by atoms with Crippen LogP contribution in [0, 0.1) is 11.3 Å². The van der Waals surface area contributed by atoms with Gasteiger partial charge in [0.2, 0.25) is 0 Å². The van der Waals surface area contributed by atoms with E-state index < -0.39 is 0 Å². The van der Waals surface area contributed by atoms with Crippen LogP contribution >= 0.6 is 27.7 Å². The molecule has 18 heavy (non-hydrogen) atoms. The zero-order valence-corrected chi connectivity index (χ0v) is 11.9. The Morgan fingerprint density at radius 1 is 1.61 bits per heavy atom. The number of nitrogens with zero attached hydrogens (tertiary/aromatic N) is 3. The third kappa shape index (κ3) is 2.49. The Morgan fingerprint density at radius 2 is 2.39 bits per heavy atom. The third-order valence-corrected chi connectivity index (χ3v) is 3.85. The smallest absolute Gasteiger partial charge is 0.270 e. The highest BCUT2D eigenvalue weighted by Gasteiger charge is 2.11. The lowest BCUT2D eigenvalue weighted by Gasteiger charge is -2.04. The fourth-order valence-electron chi connectivity index (χ4n) is 1.43. The molecule has 2 aromatic rings. The van der Waals surface area contributed by atoms with Crippen molar-refractivity contribution in [3.05, 3.63) is 38.7 Å². The minimum absolute atomic E-state index is 0.242. The van der Waals surface area contributed by atoms with Crippen molar-refractivity contribution in [1.29, 1.82) is 5.26 Å². The van der Waals surface area contributed by atoms with Crippen molar-refractivity contribution in [1.82, 2.24) is 14.8 Å². The highest BCUT2D eigenvalue weighted by molar-refractivity contribution is 9.10. The maximum absolute atomic E-state index is 11.4. The van der Waals surface area contributed by atoms with Gasteiger partial charge in [-0.25, -0.2) is 9.89 Å². The van der Waals surface area contributed by atoms with Gasteiger partial charge in [-0.2, -0.15) is 5.26 Å². The second kappa shape index (κ2) is 5.42. The summed E-state index contributed by atoms with van der Waals surface area (Å²) in [6.45, 7) is 2.40. The number of H-pyrrole nitrogens is 1. The van der Waals surface area contributed by atoms with E-state index in [4.69, 9.17) is 5.26 Å². The topological polar surface area (TPSA) is 74.5 Å². The molecule has 5 nitrogen and oxygen atoms in total. The van der Waals surface area contributed by atoms with Crippen molar-refractivity contribution in [2.75, 3.05) is 0 Å². The molecule has 0 aliphatic carbocycles. The summed E-state index contributed by atoms with van der Waals surface area (Å²) in [5.74, 6) is 0. The number of rotatable bonds is 3. The van der Waals surface area contributed by atoms with Crippen LogP contribution in [0.2, 0.25) is 0 Å². The van der Waals surface area contributed by atoms with Crippen LogP contribution in [-0.2, 0) is 6.54 Å². The molecule has 0 aliphatic rings. The summed E-state index contributed by atoms with van der Waals surface area (Å²) < 4.78 is 2.40. The van der Waals surface area contributed by atoms with Gasteiger partial charge in [0.15, 0.2) is 5.16 Å². The first-order valence-electron chi connectivity index (χ1n) is 5.18. The molecule has 0 fully saturated rings. The number of halogens is 1. The number of aromatic nitrogens is 3. The summed E-state index contributed by atoms with van der Waals surface area (Å²) in [5.41, 5.74) is 0.315. The predicted molar refractivity (Wildman–Crippen MR) is 71.5 cm³/mol. The first-order valence-corrected chi connectivity index (χ1v) is 6.79. The van der Waals surface area contributed by atoms with Gasteiger partial charge in [0.25, 0.3) is 0 Å². The molecule has 0 atom stereocenters. The summed E-state index contributed by atoms with van der Waals surface area (Å²) in [4.78, 5) is 12.2. The number of nitrogens with one attached hydrogen (secondary N) is 1. The first kappa shape index (κ1) is 12.9. The molecule has 2 rings (SSSR count). The molecule has 0 spiro atoms. The molecular weight excluding hydrogens is 316 g/mol. The number of aromatic amines is 1. The van der Waals surface area contributed by atoms with Crippen LogP contribution in [0.1, 0.15) is 12.5 Å². The van der Waals surface area contributed by atoms with Crippen molar-refractivity contribution in [3.63, 3.8) is 0 Å². The monoisotopic (exact) mass is 324 g/mol. The van der Waals surface area contributed by atoms with Crippen molar-refractivity contribution >= 4 is 27.7 Å². The molecule has 92 valence electrons. The van der Waals surface area contributed by atoms with E-state index >= 15 is 0 Å². The summed E-state index contributed by atoms with van der Waals surface area (Å²) in [7, 11) is 0. The van der Waals surface area contributed by atoms with Gasteiger partial charge in [-0.1, -0.05) is 15.9 Å². The van der Waals surface area contributed by atoms with Crippen molar-refractivity contribution < 1.29 is 0 Å². The van der Waals surface area contributed by atoms with Crippen LogP contribution in [0.5, 0.6) is 0 Å². The van der Waals surface area contributed by atoms with E-state index in [0.717, 1.165) is 9.37 Å². The molecule has 0 bridgehead atoms. The lowest BCUT2D eigenvalue weighted by Crippen LogP contribution is -2.16. The molecule has 0 amide bonds. The molecule has 1 aromatic heterocycles. The Bertz CT molecular complexity index is 670. The SMILES string of the molecule is CCn1c(Sc2cc(Br)ccc2C#N)n[nH]c1=O. The van der Waals surface area contributed by atoms with Crippen LogP contribution in [0.3, 0.4) is 0 Å². The molecule has 1 aromatic carbocycles. The standard InChI is InChI=1S/C11H9BrN4OS/c1-2-16-10(17)14-15-11(16)18-9-5-8(12)4-3-7(9)6-13/h3-5H,2H2,1H3,(H,14,17). The van der Waals surface area contributed by atoms with Crippen molar-refractivity contribution in [3.8, 4) is 6.07 Å². The Kier molecular flexibility index (Phi) is 3.89. The lowest BCUT2D eigenvalue weighted by atomic mass is 10.2. The van der Waals surface area contributed by atoms with Gasteiger partial charge < -0.3 is 0 Å². The van der Waals surface area contributed by atoms with E-state index in [-0.39, 0.29) is 5.69 Å². The van der Waals surface area contributed by atoms with Crippen LogP contribution in [-0.4, -0.2) is 14.8 Å². The Balaban J connectivity index is 2.43. The number of hydrogen-bond donors (Lipinski definition) is 1. The fraction of sp³-hybridized carbons (Fsp3) is 0.182. The molecule has 1 heterocycles. The molecule has 0 unspecified atom stereocenters. The second-order valence-electron chi connectivity index (χ2n) is 3.41. The highest BCUT2D eigenvalue weighted by atomic mass is 79.9. The number of benzene rings is 1. The summed E-state index contributed by atoms with van der Waals surface area (Å²) in [6, 6.07) is 7.49. The molecule has 0 saturated carbocycles. The van der Waals surface area contributed by atoms with Gasteiger partial charge in [-0.05, 0) is 36.9 Å². The van der Waals surface area contributed by atoms with Gasteiger partial charge in [-0.15, -0.1) is 5.10 Å². The molecule has 7 heteroatoms. The van der Waals surface area contributed by atoms with Gasteiger partial charge in [0.05, 0.1) is 5.56 Å². The Hall–Kier alpha value is -1.52. The number of nitriles is 1. The van der Waals surface area contributed by atoms with E-state index in [9.17, 15) is 4.79 Å². The van der Waals surface area contributed by atoms with Crippen molar-refractivity contribution in [2.45, 2.75) is 23.5 Å². The lowest BCUT2D eigenvalue weighted by molar-refractivity contribution is 0.660. The molecule has 1 N–H and O–H groups in total. The molecular formula is C11H9BrN4OS. The maximum atomic E-state index is 11.4. The van der Waals surface area contributed by atoms with E-state index in [1.54, 1.807) is 12.1 Å².